The predicted molar refractivity (Wildman–Crippen MR) is 70.1 cm³/mol. The summed E-state index contributed by atoms with van der Waals surface area (Å²) in [7, 11) is 1.86. The van der Waals surface area contributed by atoms with Gasteiger partial charge in [-0.15, -0.1) is 0 Å². The molecule has 0 fully saturated rings. The highest BCUT2D eigenvalue weighted by Crippen LogP contribution is 2.12. The van der Waals surface area contributed by atoms with Gasteiger partial charge in [0.25, 0.3) is 0 Å². The molecule has 0 aromatic carbocycles. The van der Waals surface area contributed by atoms with E-state index in [0.29, 0.717) is 0 Å². The Balaban J connectivity index is 2.02. The first-order valence-corrected chi connectivity index (χ1v) is 5.58. The predicted octanol–water partition coefficient (Wildman–Crippen LogP) is 2.44. The number of hydrogen-bond acceptors (Lipinski definition) is 4. The maximum atomic E-state index is 4.44. The van der Waals surface area contributed by atoms with Crippen molar-refractivity contribution in [2.75, 3.05) is 17.7 Å². The van der Waals surface area contributed by atoms with Crippen LogP contribution in [0.5, 0.6) is 0 Å². The highest BCUT2D eigenvalue weighted by Gasteiger charge is 1.97. The molecule has 0 aliphatic rings. The molecule has 0 atom stereocenters. The van der Waals surface area contributed by atoms with E-state index in [1.807, 2.05) is 44.3 Å². The Hall–Kier alpha value is -2.10. The molecule has 2 aromatic heterocycles. The molecule has 0 saturated heterocycles. The van der Waals surface area contributed by atoms with Crippen molar-refractivity contribution in [1.29, 1.82) is 0 Å². The van der Waals surface area contributed by atoms with Crippen molar-refractivity contribution in [3.63, 3.8) is 0 Å². The number of aromatic nitrogens is 2. The van der Waals surface area contributed by atoms with Crippen LogP contribution in [0, 0.1) is 6.92 Å². The van der Waals surface area contributed by atoms with Crippen LogP contribution >= 0.6 is 0 Å². The fourth-order valence-corrected chi connectivity index (χ4v) is 1.57. The summed E-state index contributed by atoms with van der Waals surface area (Å²) in [6.45, 7) is 2.71. The van der Waals surface area contributed by atoms with Crippen LogP contribution in [0.1, 0.15) is 11.4 Å². The number of nitrogens with zero attached hydrogens (tertiary/aromatic N) is 2. The molecule has 4 nitrogen and oxygen atoms in total. The number of aryl methyl sites for hydroxylation is 1. The Bertz CT molecular complexity index is 496. The topological polar surface area (TPSA) is 49.8 Å². The Labute approximate surface area is 101 Å². The molecule has 0 aliphatic heterocycles. The molecule has 0 aliphatic carbocycles. The summed E-state index contributed by atoms with van der Waals surface area (Å²) in [5, 5.41) is 6.33. The molecule has 0 unspecified atom stereocenters. The molecular formula is C13H16N4. The van der Waals surface area contributed by atoms with Crippen LogP contribution < -0.4 is 10.6 Å². The first-order valence-electron chi connectivity index (χ1n) is 5.58. The van der Waals surface area contributed by atoms with E-state index >= 15 is 0 Å². The maximum Gasteiger partial charge on any atom is 0.127 e. The van der Waals surface area contributed by atoms with Gasteiger partial charge in [-0.2, -0.15) is 0 Å². The minimum atomic E-state index is 0.717. The quantitative estimate of drug-likeness (QED) is 0.844. The minimum absolute atomic E-state index is 0.717. The second kappa shape index (κ2) is 5.30. The van der Waals surface area contributed by atoms with E-state index in [1.165, 1.54) is 0 Å². The first-order chi connectivity index (χ1) is 8.28. The highest BCUT2D eigenvalue weighted by molar-refractivity contribution is 5.51. The van der Waals surface area contributed by atoms with Gasteiger partial charge in [-0.05, 0) is 25.1 Å². The average Bonchev–Trinajstić information content (AvgIpc) is 2.37. The van der Waals surface area contributed by atoms with Gasteiger partial charge in [0, 0.05) is 30.7 Å². The summed E-state index contributed by atoms with van der Waals surface area (Å²) in [5.41, 5.74) is 3.11. The third kappa shape index (κ3) is 3.17. The lowest BCUT2D eigenvalue weighted by molar-refractivity contribution is 1.01. The summed E-state index contributed by atoms with van der Waals surface area (Å²) >= 11 is 0. The van der Waals surface area contributed by atoms with Gasteiger partial charge >= 0.3 is 0 Å². The fourth-order valence-electron chi connectivity index (χ4n) is 1.57. The molecule has 17 heavy (non-hydrogen) atoms. The van der Waals surface area contributed by atoms with Crippen LogP contribution in [-0.2, 0) is 6.54 Å². The van der Waals surface area contributed by atoms with Crippen molar-refractivity contribution in [2.45, 2.75) is 13.5 Å². The number of pyridine rings is 2. The standard InChI is InChI=1S/C13H16N4/c1-10-4-3-5-12(17-10)9-16-11-6-7-15-13(8-11)14-2/h3-8H,9H2,1-2H3,(H2,14,15,16). The second-order valence-electron chi connectivity index (χ2n) is 3.80. The van der Waals surface area contributed by atoms with Crippen molar-refractivity contribution in [1.82, 2.24) is 9.97 Å². The van der Waals surface area contributed by atoms with Crippen LogP contribution in [0.3, 0.4) is 0 Å². The minimum Gasteiger partial charge on any atom is -0.379 e. The van der Waals surface area contributed by atoms with Crippen LogP contribution in [0.4, 0.5) is 11.5 Å². The largest absolute Gasteiger partial charge is 0.379 e. The number of nitrogens with one attached hydrogen (secondary N) is 2. The van der Waals surface area contributed by atoms with Gasteiger partial charge in [0.05, 0.1) is 12.2 Å². The molecule has 0 bridgehead atoms. The lowest BCUT2D eigenvalue weighted by Crippen LogP contribution is -2.03. The van der Waals surface area contributed by atoms with Gasteiger partial charge in [0.15, 0.2) is 0 Å². The number of anilines is 2. The van der Waals surface area contributed by atoms with E-state index in [2.05, 4.69) is 20.6 Å². The van der Waals surface area contributed by atoms with E-state index in [9.17, 15) is 0 Å². The van der Waals surface area contributed by atoms with Crippen LogP contribution in [0.25, 0.3) is 0 Å². The fraction of sp³-hybridized carbons (Fsp3) is 0.231. The van der Waals surface area contributed by atoms with Crippen molar-refractivity contribution >= 4 is 11.5 Å². The lowest BCUT2D eigenvalue weighted by atomic mass is 10.3. The lowest BCUT2D eigenvalue weighted by Gasteiger charge is -2.07. The van der Waals surface area contributed by atoms with Crippen molar-refractivity contribution in [3.05, 3.63) is 47.9 Å². The molecule has 0 amide bonds. The SMILES string of the molecule is CNc1cc(NCc2cccc(C)n2)ccn1. The van der Waals surface area contributed by atoms with Crippen molar-refractivity contribution in [3.8, 4) is 0 Å². The zero-order chi connectivity index (χ0) is 12.1. The van der Waals surface area contributed by atoms with Crippen LogP contribution in [0.2, 0.25) is 0 Å². The molecule has 0 radical (unpaired) electrons. The Morgan fingerprint density at radius 3 is 2.88 bits per heavy atom. The normalized spacial score (nSPS) is 10.0. The maximum absolute atomic E-state index is 4.44. The molecular weight excluding hydrogens is 212 g/mol. The smallest absolute Gasteiger partial charge is 0.127 e. The van der Waals surface area contributed by atoms with Crippen LogP contribution in [0.15, 0.2) is 36.5 Å². The van der Waals surface area contributed by atoms with E-state index < -0.39 is 0 Å². The van der Waals surface area contributed by atoms with Crippen LogP contribution in [-0.4, -0.2) is 17.0 Å². The van der Waals surface area contributed by atoms with Crippen molar-refractivity contribution < 1.29 is 0 Å². The number of hydrogen-bond donors (Lipinski definition) is 2. The zero-order valence-corrected chi connectivity index (χ0v) is 10.1. The zero-order valence-electron chi connectivity index (χ0n) is 10.1. The summed E-state index contributed by atoms with van der Waals surface area (Å²) in [4.78, 5) is 8.60. The van der Waals surface area contributed by atoms with E-state index in [-0.39, 0.29) is 0 Å². The van der Waals surface area contributed by atoms with E-state index in [1.54, 1.807) is 6.20 Å². The number of rotatable bonds is 4. The molecule has 2 N–H and O–H groups in total. The monoisotopic (exact) mass is 228 g/mol. The Kier molecular flexibility index (Phi) is 3.55. The summed E-state index contributed by atoms with van der Waals surface area (Å²) in [6.07, 6.45) is 1.78. The Morgan fingerprint density at radius 1 is 1.24 bits per heavy atom. The van der Waals surface area contributed by atoms with Crippen molar-refractivity contribution in [2.24, 2.45) is 0 Å². The Morgan fingerprint density at radius 2 is 2.12 bits per heavy atom. The van der Waals surface area contributed by atoms with Gasteiger partial charge in [-0.1, -0.05) is 6.07 Å². The van der Waals surface area contributed by atoms with E-state index in [0.717, 1.165) is 29.4 Å². The molecule has 2 aromatic rings. The van der Waals surface area contributed by atoms with Gasteiger partial charge in [-0.3, -0.25) is 4.98 Å². The average molecular weight is 228 g/mol. The summed E-state index contributed by atoms with van der Waals surface area (Å²) < 4.78 is 0. The molecule has 4 heteroatoms. The molecule has 2 rings (SSSR count). The van der Waals surface area contributed by atoms with Gasteiger partial charge in [0.2, 0.25) is 0 Å². The highest BCUT2D eigenvalue weighted by atomic mass is 15.0. The molecule has 2 heterocycles. The molecule has 0 saturated carbocycles. The van der Waals surface area contributed by atoms with E-state index in [4.69, 9.17) is 0 Å². The summed E-state index contributed by atoms with van der Waals surface area (Å²) in [6, 6.07) is 9.94. The molecule has 0 spiro atoms. The third-order valence-corrected chi connectivity index (χ3v) is 2.44. The second-order valence-corrected chi connectivity index (χ2v) is 3.80. The van der Waals surface area contributed by atoms with Gasteiger partial charge in [0.1, 0.15) is 5.82 Å². The first kappa shape index (κ1) is 11.4. The van der Waals surface area contributed by atoms with Gasteiger partial charge < -0.3 is 10.6 Å². The molecule has 88 valence electrons. The summed E-state index contributed by atoms with van der Waals surface area (Å²) in [5.74, 6) is 0.854. The van der Waals surface area contributed by atoms with Gasteiger partial charge in [-0.25, -0.2) is 4.98 Å². The third-order valence-electron chi connectivity index (χ3n) is 2.44.